The third-order valence-corrected chi connectivity index (χ3v) is 14.6. The number of phenolic OH excluding ortho intramolecular Hbond substituents is 1. The summed E-state index contributed by atoms with van der Waals surface area (Å²) in [5.41, 5.74) is -3.14. The molecule has 0 saturated carbocycles. The standard InChI is InChI=1S/C34H44F6O5.C26H30F6O3/c1-7-31(8-2,28-16-17-29(25(5)22-28)44-20-12-10-11-13-30(41)43-9-3)27-15-14-26(24(4)21-27)18-19-32(33(35,36)37,34(38,39)40)45-23-42-6;1-6-23(7-2,21-10-11-22(33)18(4)15-21)20-9-8-19(17(3)14-20)12-13-24(25(27,28)29,26(30,31)32)35-16-34-5/h14-19,21-22H,7-13,20,23H2,1-6H3;8-15,33H,6-7,16H2,1-5H3/b19-18+;13-12+. The van der Waals surface area contributed by atoms with E-state index in [1.807, 2.05) is 65.0 Å². The van der Waals surface area contributed by atoms with Crippen molar-refractivity contribution in [2.75, 3.05) is 41.0 Å². The number of benzene rings is 4. The van der Waals surface area contributed by atoms with Crippen LogP contribution in [-0.2, 0) is 39.3 Å². The molecule has 0 radical (unpaired) electrons. The second-order valence-corrected chi connectivity index (χ2v) is 19.4. The fourth-order valence-electron chi connectivity index (χ4n) is 9.65. The second kappa shape index (κ2) is 28.9. The Balaban J connectivity index is 0.000000433. The van der Waals surface area contributed by atoms with Crippen LogP contribution in [-0.4, -0.2) is 88.0 Å². The van der Waals surface area contributed by atoms with E-state index in [1.165, 1.54) is 12.1 Å². The maximum atomic E-state index is 13.8. The first-order valence-corrected chi connectivity index (χ1v) is 26.1. The molecule has 0 atom stereocenters. The van der Waals surface area contributed by atoms with E-state index >= 15 is 0 Å². The Morgan fingerprint density at radius 1 is 0.500 bits per heavy atom. The number of aryl methyl sites for hydroxylation is 4. The zero-order valence-corrected chi connectivity index (χ0v) is 47.1. The molecule has 20 heteroatoms. The lowest BCUT2D eigenvalue weighted by Crippen LogP contribution is -2.57. The average molecular weight is 1150 g/mol. The molecule has 0 heterocycles. The topological polar surface area (TPSA) is 92.7 Å². The van der Waals surface area contributed by atoms with Gasteiger partial charge in [0.15, 0.2) is 0 Å². The average Bonchev–Trinajstić information content (AvgIpc) is 3.37. The number of esters is 1. The van der Waals surface area contributed by atoms with Crippen LogP contribution in [0.3, 0.4) is 0 Å². The minimum absolute atomic E-state index is 0.00338. The fourth-order valence-corrected chi connectivity index (χ4v) is 9.65. The van der Waals surface area contributed by atoms with E-state index in [1.54, 1.807) is 52.0 Å². The number of carbonyl (C=O) groups excluding carboxylic acids is 1. The van der Waals surface area contributed by atoms with Crippen LogP contribution < -0.4 is 4.74 Å². The molecular formula is C60H74F12O8. The molecule has 0 bridgehead atoms. The monoisotopic (exact) mass is 1150 g/mol. The molecule has 446 valence electrons. The van der Waals surface area contributed by atoms with Crippen molar-refractivity contribution in [2.45, 2.75) is 160 Å². The summed E-state index contributed by atoms with van der Waals surface area (Å²) in [5, 5.41) is 9.91. The number of ether oxygens (including phenoxy) is 6. The summed E-state index contributed by atoms with van der Waals surface area (Å²) in [6.07, 6.45) is -16.0. The number of aromatic hydroxyl groups is 1. The van der Waals surface area contributed by atoms with Gasteiger partial charge in [-0.1, -0.05) is 101 Å². The normalized spacial score (nSPS) is 13.2. The van der Waals surface area contributed by atoms with Gasteiger partial charge in [-0.15, -0.1) is 0 Å². The first-order chi connectivity index (χ1) is 37.3. The molecule has 4 aromatic rings. The summed E-state index contributed by atoms with van der Waals surface area (Å²) in [6, 6.07) is 21.4. The first kappa shape index (κ1) is 68.7. The number of rotatable bonds is 26. The minimum atomic E-state index is -5.77. The smallest absolute Gasteiger partial charge is 0.430 e. The van der Waals surface area contributed by atoms with Gasteiger partial charge in [0.05, 0.1) is 13.2 Å². The lowest BCUT2D eigenvalue weighted by atomic mass is 9.70. The fraction of sp³-hybridized carbons (Fsp3) is 0.517. The summed E-state index contributed by atoms with van der Waals surface area (Å²) in [6.45, 7) is 15.4. The lowest BCUT2D eigenvalue weighted by Gasteiger charge is -2.35. The Morgan fingerprint density at radius 2 is 0.875 bits per heavy atom. The Hall–Kier alpha value is -5.57. The summed E-state index contributed by atoms with van der Waals surface area (Å²) in [7, 11) is 1.88. The molecule has 4 rings (SSSR count). The van der Waals surface area contributed by atoms with Crippen LogP contribution in [0.25, 0.3) is 12.2 Å². The maximum Gasteiger partial charge on any atom is 0.430 e. The molecule has 4 aromatic carbocycles. The van der Waals surface area contributed by atoms with Crippen molar-refractivity contribution < 1.29 is 91.0 Å². The SMILES string of the molecule is CCC(CC)(c1ccc(O)c(C)c1)c1ccc(/C=C/C(OCOC)(C(F)(F)F)C(F)(F)F)c(C)c1.CCOC(=O)CCCCCOc1ccc(C(CC)(CC)c2ccc(/C=C/C(OCOC)(C(F)(F)F)C(F)(F)F)c(C)c2)cc1C. The van der Waals surface area contributed by atoms with Crippen molar-refractivity contribution in [3.05, 3.63) is 141 Å². The van der Waals surface area contributed by atoms with E-state index in [0.29, 0.717) is 62.0 Å². The van der Waals surface area contributed by atoms with E-state index in [9.17, 15) is 62.6 Å². The number of phenols is 1. The number of hydrogen-bond donors (Lipinski definition) is 1. The molecule has 0 aromatic heterocycles. The number of unbranched alkanes of at least 4 members (excludes halogenated alkanes) is 2. The van der Waals surface area contributed by atoms with Gasteiger partial charge in [-0.05, 0) is 159 Å². The van der Waals surface area contributed by atoms with Gasteiger partial charge in [0, 0.05) is 31.5 Å². The van der Waals surface area contributed by atoms with Crippen molar-refractivity contribution in [2.24, 2.45) is 0 Å². The highest BCUT2D eigenvalue weighted by Crippen LogP contribution is 2.50. The van der Waals surface area contributed by atoms with Gasteiger partial charge in [-0.3, -0.25) is 4.79 Å². The molecule has 0 aliphatic rings. The Labute approximate surface area is 461 Å². The number of carbonyl (C=O) groups is 1. The van der Waals surface area contributed by atoms with Crippen molar-refractivity contribution in [1.29, 1.82) is 0 Å². The number of methoxy groups -OCH3 is 2. The molecule has 0 aliphatic carbocycles. The molecule has 0 unspecified atom stereocenters. The molecule has 0 saturated heterocycles. The molecule has 80 heavy (non-hydrogen) atoms. The highest BCUT2D eigenvalue weighted by Gasteiger charge is 2.72. The zero-order chi connectivity index (χ0) is 60.5. The number of hydrogen-bond acceptors (Lipinski definition) is 8. The zero-order valence-electron chi connectivity index (χ0n) is 47.1. The number of halogens is 12. The van der Waals surface area contributed by atoms with Crippen LogP contribution in [0.1, 0.15) is 142 Å². The van der Waals surface area contributed by atoms with Crippen LogP contribution in [0.5, 0.6) is 11.5 Å². The van der Waals surface area contributed by atoms with E-state index in [4.69, 9.17) is 9.47 Å². The highest BCUT2D eigenvalue weighted by molar-refractivity contribution is 5.69. The molecular weight excluding hydrogens is 1080 g/mol. The van der Waals surface area contributed by atoms with Crippen LogP contribution >= 0.6 is 0 Å². The van der Waals surface area contributed by atoms with Crippen molar-refractivity contribution in [3.63, 3.8) is 0 Å². The third kappa shape index (κ3) is 15.9. The third-order valence-electron chi connectivity index (χ3n) is 14.6. The highest BCUT2D eigenvalue weighted by atomic mass is 19.4. The molecule has 1 N–H and O–H groups in total. The second-order valence-electron chi connectivity index (χ2n) is 19.4. The van der Waals surface area contributed by atoms with Gasteiger partial charge in [-0.25, -0.2) is 0 Å². The van der Waals surface area contributed by atoms with Gasteiger partial charge in [-0.2, -0.15) is 52.7 Å². The van der Waals surface area contributed by atoms with Crippen LogP contribution in [0.15, 0.2) is 84.9 Å². The van der Waals surface area contributed by atoms with E-state index in [2.05, 4.69) is 25.0 Å². The van der Waals surface area contributed by atoms with Crippen molar-refractivity contribution in [1.82, 2.24) is 0 Å². The summed E-state index contributed by atoms with van der Waals surface area (Å²) in [4.78, 5) is 11.5. The number of alkyl halides is 12. The Morgan fingerprint density at radius 3 is 1.21 bits per heavy atom. The van der Waals surface area contributed by atoms with E-state index in [-0.39, 0.29) is 35.0 Å². The predicted octanol–water partition coefficient (Wildman–Crippen LogP) is 17.0. The van der Waals surface area contributed by atoms with Crippen molar-refractivity contribution >= 4 is 18.1 Å². The van der Waals surface area contributed by atoms with Crippen molar-refractivity contribution in [3.8, 4) is 11.5 Å². The van der Waals surface area contributed by atoms with Gasteiger partial charge in [0.2, 0.25) is 0 Å². The van der Waals surface area contributed by atoms with Crippen LogP contribution in [0.4, 0.5) is 52.7 Å². The molecule has 8 nitrogen and oxygen atoms in total. The van der Waals surface area contributed by atoms with E-state index in [0.717, 1.165) is 79.2 Å². The summed E-state index contributed by atoms with van der Waals surface area (Å²) >= 11 is 0. The molecule has 0 fully saturated rings. The Kier molecular flexibility index (Phi) is 24.8. The Bertz CT molecular complexity index is 2630. The summed E-state index contributed by atoms with van der Waals surface area (Å²) < 4.78 is 192. The first-order valence-electron chi connectivity index (χ1n) is 26.1. The van der Waals surface area contributed by atoms with Gasteiger partial charge in [0.25, 0.3) is 11.2 Å². The molecule has 0 aliphatic heterocycles. The van der Waals surface area contributed by atoms with Gasteiger partial charge in [0.1, 0.15) is 25.1 Å². The molecule has 0 spiro atoms. The molecule has 0 amide bonds. The predicted molar refractivity (Wildman–Crippen MR) is 283 cm³/mol. The van der Waals surface area contributed by atoms with Crippen LogP contribution in [0.2, 0.25) is 0 Å². The van der Waals surface area contributed by atoms with Gasteiger partial charge >= 0.3 is 30.7 Å². The largest absolute Gasteiger partial charge is 0.508 e. The summed E-state index contributed by atoms with van der Waals surface area (Å²) in [5.74, 6) is 0.717. The van der Waals surface area contributed by atoms with Gasteiger partial charge < -0.3 is 33.5 Å². The minimum Gasteiger partial charge on any atom is -0.508 e. The quantitative estimate of drug-likeness (QED) is 0.0288. The van der Waals surface area contributed by atoms with E-state index < -0.39 is 60.3 Å². The maximum absolute atomic E-state index is 13.8. The lowest BCUT2D eigenvalue weighted by molar-refractivity contribution is -0.372. The van der Waals surface area contributed by atoms with Crippen LogP contribution in [0, 0.1) is 27.7 Å².